The van der Waals surface area contributed by atoms with Crippen LogP contribution in [0.2, 0.25) is 5.02 Å². The largest absolute Gasteiger partial charge is 0.305 e. The summed E-state index contributed by atoms with van der Waals surface area (Å²) in [6, 6.07) is 13.8. The summed E-state index contributed by atoms with van der Waals surface area (Å²) in [5, 5.41) is 10.0. The molecule has 0 aliphatic rings. The van der Waals surface area contributed by atoms with E-state index in [0.29, 0.717) is 21.5 Å². The van der Waals surface area contributed by atoms with Gasteiger partial charge >= 0.3 is 0 Å². The Hall–Kier alpha value is -2.61. The van der Waals surface area contributed by atoms with Gasteiger partial charge in [0.15, 0.2) is 5.82 Å². The van der Waals surface area contributed by atoms with Crippen molar-refractivity contribution >= 4 is 45.2 Å². The van der Waals surface area contributed by atoms with Crippen molar-refractivity contribution in [3.63, 3.8) is 0 Å². The standard InChI is InChI=1S/C17H9Cl2N3O/c18-12-5-6-13-15(8-12)21-16(22-17(13)23)14(19)7-10-1-3-11(9-20)4-2-10/h1-8H,(H,21,22,23)/b14-7-. The highest BCUT2D eigenvalue weighted by atomic mass is 35.5. The first-order valence-electron chi connectivity index (χ1n) is 6.64. The molecule has 112 valence electrons. The Morgan fingerprint density at radius 3 is 2.65 bits per heavy atom. The second kappa shape index (κ2) is 6.25. The predicted octanol–water partition coefficient (Wildman–Crippen LogP) is 4.19. The van der Waals surface area contributed by atoms with Crippen LogP contribution in [0, 0.1) is 11.3 Å². The molecular formula is C17H9Cl2N3O. The van der Waals surface area contributed by atoms with Gasteiger partial charge in [-0.15, -0.1) is 0 Å². The minimum Gasteiger partial charge on any atom is -0.305 e. The molecule has 1 N–H and O–H groups in total. The normalized spacial score (nSPS) is 11.4. The minimum absolute atomic E-state index is 0.260. The number of benzene rings is 2. The Morgan fingerprint density at radius 2 is 1.96 bits per heavy atom. The van der Waals surface area contributed by atoms with Crippen LogP contribution in [0.1, 0.15) is 17.0 Å². The topological polar surface area (TPSA) is 69.5 Å². The van der Waals surface area contributed by atoms with E-state index in [0.717, 1.165) is 5.56 Å². The van der Waals surface area contributed by atoms with E-state index < -0.39 is 0 Å². The van der Waals surface area contributed by atoms with Crippen LogP contribution < -0.4 is 5.56 Å². The number of hydrogen-bond donors (Lipinski definition) is 1. The number of rotatable bonds is 2. The lowest BCUT2D eigenvalue weighted by molar-refractivity contribution is 1.14. The zero-order valence-corrected chi connectivity index (χ0v) is 13.2. The smallest absolute Gasteiger partial charge is 0.259 e. The number of halogens is 2. The van der Waals surface area contributed by atoms with Crippen LogP contribution in [0.15, 0.2) is 47.3 Å². The summed E-state index contributed by atoms with van der Waals surface area (Å²) in [4.78, 5) is 19.1. The Morgan fingerprint density at radius 1 is 1.22 bits per heavy atom. The summed E-state index contributed by atoms with van der Waals surface area (Å²) in [5.74, 6) is 0.260. The lowest BCUT2D eigenvalue weighted by atomic mass is 10.1. The summed E-state index contributed by atoms with van der Waals surface area (Å²) in [5.41, 5.74) is 1.55. The maximum Gasteiger partial charge on any atom is 0.259 e. The fourth-order valence-electron chi connectivity index (χ4n) is 2.09. The van der Waals surface area contributed by atoms with Crippen LogP contribution in [0.5, 0.6) is 0 Å². The Bertz CT molecular complexity index is 1010. The molecule has 0 saturated carbocycles. The average Bonchev–Trinajstić information content (AvgIpc) is 2.55. The van der Waals surface area contributed by atoms with E-state index in [1.807, 2.05) is 6.07 Å². The van der Waals surface area contributed by atoms with Gasteiger partial charge in [-0.2, -0.15) is 5.26 Å². The van der Waals surface area contributed by atoms with Crippen molar-refractivity contribution in [3.8, 4) is 6.07 Å². The number of nitrogens with one attached hydrogen (secondary N) is 1. The minimum atomic E-state index is -0.284. The van der Waals surface area contributed by atoms with Crippen molar-refractivity contribution in [3.05, 3.63) is 74.8 Å². The van der Waals surface area contributed by atoms with Gasteiger partial charge in [-0.05, 0) is 42.0 Å². The van der Waals surface area contributed by atoms with Crippen LogP contribution in [-0.2, 0) is 0 Å². The molecule has 0 atom stereocenters. The molecule has 0 amide bonds. The number of aromatic amines is 1. The summed E-state index contributed by atoms with van der Waals surface area (Å²) in [6.07, 6.45) is 1.66. The van der Waals surface area contributed by atoms with Crippen LogP contribution in [0.3, 0.4) is 0 Å². The molecular weight excluding hydrogens is 333 g/mol. The van der Waals surface area contributed by atoms with Crippen LogP contribution in [-0.4, -0.2) is 9.97 Å². The Labute approximate surface area is 141 Å². The fraction of sp³-hybridized carbons (Fsp3) is 0. The molecule has 0 unspecified atom stereocenters. The molecule has 0 fully saturated rings. The molecule has 3 aromatic rings. The van der Waals surface area contributed by atoms with Crippen molar-refractivity contribution < 1.29 is 0 Å². The number of fused-ring (bicyclic) bond motifs is 1. The molecule has 6 heteroatoms. The zero-order chi connectivity index (χ0) is 16.4. The fourth-order valence-corrected chi connectivity index (χ4v) is 2.48. The van der Waals surface area contributed by atoms with Crippen LogP contribution in [0.4, 0.5) is 0 Å². The molecule has 0 radical (unpaired) electrons. The molecule has 0 spiro atoms. The van der Waals surface area contributed by atoms with Gasteiger partial charge < -0.3 is 4.98 Å². The number of hydrogen-bond acceptors (Lipinski definition) is 3. The first-order chi connectivity index (χ1) is 11.1. The maximum absolute atomic E-state index is 12.1. The average molecular weight is 342 g/mol. The van der Waals surface area contributed by atoms with E-state index in [-0.39, 0.29) is 16.4 Å². The van der Waals surface area contributed by atoms with E-state index in [4.69, 9.17) is 28.5 Å². The SMILES string of the molecule is N#Cc1ccc(/C=C(\Cl)c2nc3cc(Cl)ccc3c(=O)[nH]2)cc1. The van der Waals surface area contributed by atoms with Gasteiger partial charge in [0.1, 0.15) is 0 Å². The van der Waals surface area contributed by atoms with Gasteiger partial charge in [-0.1, -0.05) is 35.3 Å². The summed E-state index contributed by atoms with van der Waals surface area (Å²) < 4.78 is 0. The number of nitriles is 1. The number of nitrogens with zero attached hydrogens (tertiary/aromatic N) is 2. The third kappa shape index (κ3) is 3.26. The van der Waals surface area contributed by atoms with E-state index in [1.165, 1.54) is 0 Å². The highest BCUT2D eigenvalue weighted by Crippen LogP contribution is 2.21. The van der Waals surface area contributed by atoms with Gasteiger partial charge in [-0.3, -0.25) is 4.79 Å². The van der Waals surface area contributed by atoms with Crippen molar-refractivity contribution in [2.75, 3.05) is 0 Å². The number of H-pyrrole nitrogens is 1. The molecule has 0 aliphatic heterocycles. The maximum atomic E-state index is 12.1. The highest BCUT2D eigenvalue weighted by molar-refractivity contribution is 6.50. The molecule has 2 aromatic carbocycles. The second-order valence-corrected chi connectivity index (χ2v) is 5.65. The lowest BCUT2D eigenvalue weighted by Gasteiger charge is -2.03. The summed E-state index contributed by atoms with van der Waals surface area (Å²) >= 11 is 12.2. The molecule has 23 heavy (non-hydrogen) atoms. The van der Waals surface area contributed by atoms with Gasteiger partial charge in [0.2, 0.25) is 0 Å². The molecule has 0 aliphatic carbocycles. The lowest BCUT2D eigenvalue weighted by Crippen LogP contribution is -2.10. The molecule has 3 rings (SSSR count). The Balaban J connectivity index is 2.06. The highest BCUT2D eigenvalue weighted by Gasteiger charge is 2.07. The van der Waals surface area contributed by atoms with E-state index >= 15 is 0 Å². The van der Waals surface area contributed by atoms with Crippen LogP contribution >= 0.6 is 23.2 Å². The predicted molar refractivity (Wildman–Crippen MR) is 92.3 cm³/mol. The first kappa shape index (κ1) is 15.3. The Kier molecular flexibility index (Phi) is 4.16. The van der Waals surface area contributed by atoms with Crippen molar-refractivity contribution in [1.82, 2.24) is 9.97 Å². The monoisotopic (exact) mass is 341 g/mol. The summed E-state index contributed by atoms with van der Waals surface area (Å²) in [7, 11) is 0. The molecule has 0 saturated heterocycles. The first-order valence-corrected chi connectivity index (χ1v) is 7.40. The number of aromatic nitrogens is 2. The van der Waals surface area contributed by atoms with Gasteiger partial charge in [0.05, 0.1) is 27.6 Å². The van der Waals surface area contributed by atoms with Gasteiger partial charge in [0.25, 0.3) is 5.56 Å². The van der Waals surface area contributed by atoms with Crippen molar-refractivity contribution in [2.45, 2.75) is 0 Å². The zero-order valence-electron chi connectivity index (χ0n) is 11.7. The second-order valence-electron chi connectivity index (χ2n) is 4.80. The van der Waals surface area contributed by atoms with Crippen LogP contribution in [0.25, 0.3) is 22.0 Å². The third-order valence-electron chi connectivity index (χ3n) is 3.23. The van der Waals surface area contributed by atoms with E-state index in [1.54, 1.807) is 48.5 Å². The third-order valence-corrected chi connectivity index (χ3v) is 3.75. The quantitative estimate of drug-likeness (QED) is 0.759. The summed E-state index contributed by atoms with van der Waals surface area (Å²) in [6.45, 7) is 0. The van der Waals surface area contributed by atoms with E-state index in [2.05, 4.69) is 9.97 Å². The molecule has 0 bridgehead atoms. The van der Waals surface area contributed by atoms with Gasteiger partial charge in [0, 0.05) is 5.02 Å². The van der Waals surface area contributed by atoms with E-state index in [9.17, 15) is 4.79 Å². The molecule has 1 heterocycles. The van der Waals surface area contributed by atoms with Crippen molar-refractivity contribution in [1.29, 1.82) is 5.26 Å². The van der Waals surface area contributed by atoms with Gasteiger partial charge in [-0.25, -0.2) is 4.98 Å². The molecule has 1 aromatic heterocycles. The van der Waals surface area contributed by atoms with Crippen molar-refractivity contribution in [2.24, 2.45) is 0 Å². The molecule has 4 nitrogen and oxygen atoms in total.